The van der Waals surface area contributed by atoms with Crippen LogP contribution in [0.1, 0.15) is 166 Å². The van der Waals surface area contributed by atoms with Crippen molar-refractivity contribution in [2.45, 2.75) is 64.7 Å². The van der Waals surface area contributed by atoms with E-state index in [9.17, 15) is 38.4 Å². The van der Waals surface area contributed by atoms with Crippen molar-refractivity contribution in [1.29, 1.82) is 16.2 Å². The molecule has 3 aliphatic rings. The molecule has 0 aliphatic carbocycles. The average Bonchev–Trinajstić information content (AvgIpc) is 0.889. The number of benzene rings is 8. The number of pyridine rings is 4. The Bertz CT molecular complexity index is 6640. The van der Waals surface area contributed by atoms with Gasteiger partial charge < -0.3 is 61.0 Å². The predicted molar refractivity (Wildman–Crippen MR) is 566 cm³/mol. The highest BCUT2D eigenvalue weighted by Gasteiger charge is 2.30. The van der Waals surface area contributed by atoms with Crippen LogP contribution in [0.25, 0.3) is 0 Å². The van der Waals surface area contributed by atoms with Gasteiger partial charge in [0.05, 0.1) is 26.6 Å². The first-order valence-corrected chi connectivity index (χ1v) is 47.6. The number of likely N-dealkylation sites (tertiary alicyclic amines) is 2. The number of amidine groups is 3. The third kappa shape index (κ3) is 28.2. The van der Waals surface area contributed by atoms with Crippen molar-refractivity contribution in [3.8, 4) is 0 Å². The molecule has 0 atom stereocenters. The molecule has 0 unspecified atom stereocenters. The second-order valence-electron chi connectivity index (χ2n) is 34.0. The van der Waals surface area contributed by atoms with Crippen molar-refractivity contribution in [1.82, 2.24) is 34.6 Å². The number of piperidine rings is 1. The Morgan fingerprint density at radius 1 is 0.314 bits per heavy atom. The van der Waals surface area contributed by atoms with Crippen LogP contribution >= 0.6 is 92.8 Å². The summed E-state index contributed by atoms with van der Waals surface area (Å²) in [4.78, 5) is 140. The minimum atomic E-state index is -0.428. The lowest BCUT2D eigenvalue weighted by Crippen LogP contribution is -2.35. The molecule has 722 valence electrons. The van der Waals surface area contributed by atoms with Gasteiger partial charge >= 0.3 is 0 Å². The Kier molecular flexibility index (Phi) is 36.8. The number of carbonyl (C=O) groups is 8. The number of nitrogens with one attached hydrogen (secondary N) is 7. The van der Waals surface area contributed by atoms with E-state index >= 15 is 0 Å². The van der Waals surface area contributed by atoms with Crippen LogP contribution in [-0.2, 0) is 25.7 Å². The van der Waals surface area contributed by atoms with E-state index in [1.54, 1.807) is 165 Å². The Morgan fingerprint density at radius 2 is 0.557 bits per heavy atom. The smallest absolute Gasteiger partial charge is 0.257 e. The van der Waals surface area contributed by atoms with Gasteiger partial charge in [-0.25, -0.2) is 19.9 Å². The second kappa shape index (κ2) is 48.9. The number of ketones is 4. The van der Waals surface area contributed by atoms with Gasteiger partial charge in [-0.1, -0.05) is 190 Å². The van der Waals surface area contributed by atoms with Gasteiger partial charge in [0.15, 0.2) is 23.1 Å². The molecule has 7 heterocycles. The van der Waals surface area contributed by atoms with E-state index in [4.69, 9.17) is 109 Å². The van der Waals surface area contributed by atoms with Gasteiger partial charge in [0.1, 0.15) is 40.8 Å². The Morgan fingerprint density at radius 3 is 0.786 bits per heavy atom. The standard InChI is InChI=1S/C28H29Cl2N5O2.C27H27Cl2N5O2.C26H25Cl2N5O2.C24H22Cl2N4O2/c1-34(2)24-15-21(30)14-23(28(37)33-26-11-10-20(29)17-32-26)22(24)16-25(36)18-6-8-19(9-7-18)27(31)35-12-4-3-5-13-35;1-33(2)23-14-20(29)13-22(27(36)32-25-10-9-19(28)16-31-25)21(23)15-24(35)17-5-7-18(8-6-17)26(30)34-11-3-4-12-34;1-32(2)22-13-19(28)12-21(26(35)31-24-9-8-18(27)15-30-24)20(22)14-23(34)16-4-6-17(7-5-16)25-29-10-11-33(25)3;1-14(27)15-4-6-16(7-5-15)22(31)12-19-20(10-18(26)11-21(19)30(2)3)24(32)29-23-9-8-17(25)13-28-23/h6-11,14-15,17,31H,3-5,12-13,16H2,1-2H3,(H,32,33,37);5-10,13-14,16,30H,3-4,11-12,15H2,1-2H3,(H,31,32,36);4-9,12-13,15H,10-11,14H2,1-3H3,(H,30,31,35);4-11,13,27H,12H2,1-3H3,(H,28,29,32). The molecule has 8 aromatic carbocycles. The molecule has 0 spiro atoms. The molecular weight excluding hydrogens is 1940 g/mol. The highest BCUT2D eigenvalue weighted by Crippen LogP contribution is 2.37. The van der Waals surface area contributed by atoms with Crippen molar-refractivity contribution >= 4 is 209 Å². The van der Waals surface area contributed by atoms with E-state index in [2.05, 4.69) is 56.0 Å². The van der Waals surface area contributed by atoms with Crippen LogP contribution in [0.2, 0.25) is 40.2 Å². The molecule has 4 amide bonds. The zero-order valence-corrected chi connectivity index (χ0v) is 84.6. The number of halogens is 8. The van der Waals surface area contributed by atoms with Gasteiger partial charge in [0.25, 0.3) is 23.6 Å². The monoisotopic (exact) mass is 2040 g/mol. The van der Waals surface area contributed by atoms with Crippen LogP contribution in [0.3, 0.4) is 0 Å². The van der Waals surface area contributed by atoms with E-state index in [0.29, 0.717) is 170 Å². The molecule has 0 bridgehead atoms. The number of amides is 4. The van der Waals surface area contributed by atoms with Crippen LogP contribution in [0.4, 0.5) is 46.0 Å². The Hall–Kier alpha value is -13.5. The number of Topliss-reactive ketones (excluding diaryl/α,β-unsaturated/α-hetero) is 4. The highest BCUT2D eigenvalue weighted by molar-refractivity contribution is 6.34. The summed E-state index contributed by atoms with van der Waals surface area (Å²) >= 11 is 48.9. The normalized spacial score (nSPS) is 12.5. The summed E-state index contributed by atoms with van der Waals surface area (Å²) in [5.41, 5.74) is 12.0. The molecule has 0 saturated carbocycles. The Balaban J connectivity index is 0.000000167. The quantitative estimate of drug-likeness (QED) is 0.0136. The maximum Gasteiger partial charge on any atom is 0.257 e. The molecule has 27 nitrogen and oxygen atoms in total. The summed E-state index contributed by atoms with van der Waals surface area (Å²) in [5, 5.41) is 39.0. The van der Waals surface area contributed by atoms with Crippen LogP contribution in [0.15, 0.2) is 224 Å². The molecule has 2 fully saturated rings. The molecule has 2 saturated heterocycles. The van der Waals surface area contributed by atoms with Crippen molar-refractivity contribution in [3.05, 3.63) is 348 Å². The van der Waals surface area contributed by atoms with Crippen LogP contribution in [-0.4, -0.2) is 207 Å². The molecule has 12 aromatic rings. The number of hydrogen-bond acceptors (Lipinski definition) is 21. The van der Waals surface area contributed by atoms with Crippen molar-refractivity contribution in [2.24, 2.45) is 4.99 Å². The molecule has 140 heavy (non-hydrogen) atoms. The third-order valence-electron chi connectivity index (χ3n) is 23.1. The lowest BCUT2D eigenvalue weighted by atomic mass is 9.95. The molecule has 7 N–H and O–H groups in total. The summed E-state index contributed by atoms with van der Waals surface area (Å²) < 4.78 is 0. The first kappa shape index (κ1) is 105. The fraction of sp³-hybridized carbons (Fsp3) is 0.238. The van der Waals surface area contributed by atoms with Gasteiger partial charge in [-0.3, -0.25) is 54.2 Å². The van der Waals surface area contributed by atoms with Crippen LogP contribution in [0.5, 0.6) is 0 Å². The van der Waals surface area contributed by atoms with Gasteiger partial charge in [-0.2, -0.15) is 0 Å². The molecule has 3 aliphatic heterocycles. The number of hydrogen-bond donors (Lipinski definition) is 7. The van der Waals surface area contributed by atoms with E-state index < -0.39 is 23.6 Å². The number of rotatable bonds is 28. The zero-order chi connectivity index (χ0) is 101. The van der Waals surface area contributed by atoms with Gasteiger partial charge in [-0.05, 0) is 164 Å². The summed E-state index contributed by atoms with van der Waals surface area (Å²) in [5.74, 6) is 1.02. The first-order chi connectivity index (χ1) is 66.8. The minimum absolute atomic E-state index is 0.00437. The lowest BCUT2D eigenvalue weighted by Gasteiger charge is -2.29. The molecular formula is C105H103Cl8N19O8. The summed E-state index contributed by atoms with van der Waals surface area (Å²) in [7, 11) is 16.7. The first-order valence-electron chi connectivity index (χ1n) is 44.6. The fourth-order valence-corrected chi connectivity index (χ4v) is 17.1. The van der Waals surface area contributed by atoms with Crippen LogP contribution in [0, 0.1) is 16.2 Å². The molecule has 35 heteroatoms. The number of nitrogens with zero attached hydrogens (tertiary/aromatic N) is 12. The number of aliphatic imine (C=N–C) groups is 1. The Labute approximate surface area is 853 Å². The van der Waals surface area contributed by atoms with Crippen molar-refractivity contribution in [3.63, 3.8) is 0 Å². The zero-order valence-electron chi connectivity index (χ0n) is 78.5. The minimum Gasteiger partial charge on any atom is -0.377 e. The SMILES string of the molecule is CC(=N)c1ccc(C(=O)Cc2c(C(=O)Nc3ccc(Cl)cn3)cc(Cl)cc2N(C)C)cc1.CN(C)c1cc(Cl)cc(C(=O)Nc2ccc(Cl)cn2)c1CC(=O)c1ccc(C(=N)N2CCCC2)cc1.CN(C)c1cc(Cl)cc(C(=O)Nc2ccc(Cl)cn2)c1CC(=O)c1ccc(C(=N)N2CCCCC2)cc1.CN1CCN=C1c1ccc(C(=O)Cc2c(C(=O)Nc3ccc(Cl)cn3)cc(Cl)cc2N(C)C)cc1. The average molecular weight is 2040 g/mol. The van der Waals surface area contributed by atoms with Gasteiger partial charge in [-0.15, -0.1) is 0 Å². The number of anilines is 8. The topological polar surface area (TPSA) is 343 Å². The third-order valence-corrected chi connectivity index (χ3v) is 24.9. The van der Waals surface area contributed by atoms with E-state index in [-0.39, 0.29) is 48.8 Å². The van der Waals surface area contributed by atoms with Crippen LogP contribution < -0.4 is 40.9 Å². The summed E-state index contributed by atoms with van der Waals surface area (Å²) in [6.45, 7) is 6.90. The summed E-state index contributed by atoms with van der Waals surface area (Å²) in [6, 6.07) is 54.6. The number of carbonyl (C=O) groups excluding carboxylic acids is 8. The number of aromatic nitrogens is 4. The maximum atomic E-state index is 13.4. The van der Waals surface area contributed by atoms with Gasteiger partial charge in [0, 0.05) is 256 Å². The lowest BCUT2D eigenvalue weighted by molar-refractivity contribution is 0.0980. The van der Waals surface area contributed by atoms with Gasteiger partial charge in [0.2, 0.25) is 0 Å². The maximum absolute atomic E-state index is 13.4. The van der Waals surface area contributed by atoms with Crippen molar-refractivity contribution < 1.29 is 38.4 Å². The molecule has 0 radical (unpaired) electrons. The predicted octanol–water partition coefficient (Wildman–Crippen LogP) is 21.8. The largest absolute Gasteiger partial charge is 0.377 e. The van der Waals surface area contributed by atoms with E-state index in [1.165, 1.54) is 31.2 Å². The van der Waals surface area contributed by atoms with E-state index in [1.807, 2.05) is 124 Å². The molecule has 15 rings (SSSR count). The molecule has 4 aromatic heterocycles. The fourth-order valence-electron chi connectivity index (χ4n) is 15.8. The summed E-state index contributed by atoms with van der Waals surface area (Å²) in [6.07, 6.45) is 11.4. The van der Waals surface area contributed by atoms with Crippen molar-refractivity contribution in [2.75, 3.05) is 144 Å². The highest BCUT2D eigenvalue weighted by atomic mass is 35.5. The number of likely N-dealkylation sites (N-methyl/N-ethyl adjacent to an activating group) is 1. The second-order valence-corrected chi connectivity index (χ2v) is 37.5. The van der Waals surface area contributed by atoms with E-state index in [0.717, 1.165) is 93.0 Å².